The Hall–Kier alpha value is -2.44. The molecule has 1 aliphatic rings. The zero-order valence-electron chi connectivity index (χ0n) is 12.6. The van der Waals surface area contributed by atoms with Gasteiger partial charge in [-0.05, 0) is 11.6 Å². The van der Waals surface area contributed by atoms with Gasteiger partial charge in [-0.15, -0.1) is 0 Å². The Morgan fingerprint density at radius 3 is 2.83 bits per heavy atom. The first-order chi connectivity index (χ1) is 11.3. The third-order valence-corrected chi connectivity index (χ3v) is 4.27. The van der Waals surface area contributed by atoms with Crippen LogP contribution in [0.2, 0.25) is 0 Å². The lowest BCUT2D eigenvalue weighted by atomic mass is 9.95. The van der Waals surface area contributed by atoms with Crippen molar-refractivity contribution >= 4 is 0 Å². The van der Waals surface area contributed by atoms with E-state index in [-0.39, 0.29) is 6.04 Å². The molecule has 6 heteroatoms. The molecular weight excluding hydrogens is 292 g/mol. The van der Waals surface area contributed by atoms with Crippen LogP contribution in [0.5, 0.6) is 0 Å². The lowest BCUT2D eigenvalue weighted by Gasteiger charge is -2.14. The van der Waals surface area contributed by atoms with Crippen molar-refractivity contribution in [3.05, 3.63) is 60.4 Å². The SMILES string of the molecule is N[C@@H]1CN(Cc2nc(-c3ccoc3)no2)C[C@H]1c1ccccc1. The maximum Gasteiger partial charge on any atom is 0.241 e. The molecule has 2 aromatic heterocycles. The Balaban J connectivity index is 1.44. The topological polar surface area (TPSA) is 81.3 Å². The van der Waals surface area contributed by atoms with Gasteiger partial charge in [-0.3, -0.25) is 4.90 Å². The van der Waals surface area contributed by atoms with Crippen molar-refractivity contribution in [3.63, 3.8) is 0 Å². The second kappa shape index (κ2) is 5.98. The van der Waals surface area contributed by atoms with Gasteiger partial charge in [0.25, 0.3) is 0 Å². The second-order valence-electron chi connectivity index (χ2n) is 5.90. The lowest BCUT2D eigenvalue weighted by Crippen LogP contribution is -2.28. The summed E-state index contributed by atoms with van der Waals surface area (Å²) in [4.78, 5) is 6.68. The number of hydrogen-bond donors (Lipinski definition) is 1. The summed E-state index contributed by atoms with van der Waals surface area (Å²) < 4.78 is 10.4. The highest BCUT2D eigenvalue weighted by Crippen LogP contribution is 2.27. The minimum Gasteiger partial charge on any atom is -0.472 e. The van der Waals surface area contributed by atoms with Gasteiger partial charge in [-0.1, -0.05) is 35.5 Å². The molecule has 0 unspecified atom stereocenters. The normalized spacial score (nSPS) is 21.8. The zero-order valence-corrected chi connectivity index (χ0v) is 12.6. The van der Waals surface area contributed by atoms with Crippen molar-refractivity contribution in [2.45, 2.75) is 18.5 Å². The van der Waals surface area contributed by atoms with Crippen LogP contribution in [0.4, 0.5) is 0 Å². The molecule has 2 atom stereocenters. The van der Waals surface area contributed by atoms with Gasteiger partial charge in [0.1, 0.15) is 6.26 Å². The predicted molar refractivity (Wildman–Crippen MR) is 84.4 cm³/mol. The average Bonchev–Trinajstić information content (AvgIpc) is 3.29. The van der Waals surface area contributed by atoms with Gasteiger partial charge in [0.05, 0.1) is 18.4 Å². The highest BCUT2D eigenvalue weighted by molar-refractivity contribution is 5.51. The highest BCUT2D eigenvalue weighted by atomic mass is 16.5. The molecule has 23 heavy (non-hydrogen) atoms. The number of furan rings is 1. The molecule has 118 valence electrons. The Kier molecular flexibility index (Phi) is 3.69. The Morgan fingerprint density at radius 1 is 1.17 bits per heavy atom. The van der Waals surface area contributed by atoms with E-state index in [4.69, 9.17) is 14.7 Å². The smallest absolute Gasteiger partial charge is 0.241 e. The average molecular weight is 310 g/mol. The van der Waals surface area contributed by atoms with Crippen LogP contribution in [0.3, 0.4) is 0 Å². The van der Waals surface area contributed by atoms with E-state index in [0.29, 0.717) is 24.2 Å². The zero-order chi connectivity index (χ0) is 15.6. The van der Waals surface area contributed by atoms with Crippen molar-refractivity contribution in [3.8, 4) is 11.4 Å². The van der Waals surface area contributed by atoms with E-state index >= 15 is 0 Å². The second-order valence-corrected chi connectivity index (χ2v) is 5.90. The van der Waals surface area contributed by atoms with E-state index in [0.717, 1.165) is 18.7 Å². The predicted octanol–water partition coefficient (Wildman–Crippen LogP) is 2.26. The summed E-state index contributed by atoms with van der Waals surface area (Å²) in [5, 5.41) is 3.99. The third-order valence-electron chi connectivity index (χ3n) is 4.27. The van der Waals surface area contributed by atoms with Gasteiger partial charge in [0.15, 0.2) is 0 Å². The van der Waals surface area contributed by atoms with Crippen molar-refractivity contribution < 1.29 is 8.94 Å². The molecule has 1 fully saturated rings. The maximum absolute atomic E-state index is 6.32. The molecule has 3 aromatic rings. The minimum absolute atomic E-state index is 0.119. The van der Waals surface area contributed by atoms with Gasteiger partial charge in [-0.25, -0.2) is 0 Å². The first-order valence-corrected chi connectivity index (χ1v) is 7.67. The minimum atomic E-state index is 0.119. The summed E-state index contributed by atoms with van der Waals surface area (Å²) in [5.74, 6) is 1.49. The molecule has 2 N–H and O–H groups in total. The van der Waals surface area contributed by atoms with Gasteiger partial charge in [-0.2, -0.15) is 4.98 Å². The molecule has 0 aliphatic carbocycles. The van der Waals surface area contributed by atoms with Gasteiger partial charge in [0, 0.05) is 25.0 Å². The number of hydrogen-bond acceptors (Lipinski definition) is 6. The fraction of sp³-hybridized carbons (Fsp3) is 0.294. The van der Waals surface area contributed by atoms with Crippen molar-refractivity contribution in [1.82, 2.24) is 15.0 Å². The number of rotatable bonds is 4. The van der Waals surface area contributed by atoms with E-state index in [1.165, 1.54) is 5.56 Å². The van der Waals surface area contributed by atoms with Crippen LogP contribution in [-0.4, -0.2) is 34.2 Å². The number of likely N-dealkylation sites (tertiary alicyclic amines) is 1. The van der Waals surface area contributed by atoms with Crippen LogP contribution in [0.15, 0.2) is 57.9 Å². The van der Waals surface area contributed by atoms with E-state index in [1.54, 1.807) is 12.5 Å². The van der Waals surface area contributed by atoms with Gasteiger partial charge in [0.2, 0.25) is 11.7 Å². The molecule has 0 amide bonds. The third kappa shape index (κ3) is 2.91. The van der Waals surface area contributed by atoms with Crippen molar-refractivity contribution in [2.75, 3.05) is 13.1 Å². The van der Waals surface area contributed by atoms with Crippen LogP contribution in [-0.2, 0) is 6.54 Å². The first kappa shape index (κ1) is 14.2. The number of nitrogens with two attached hydrogens (primary N) is 1. The molecule has 1 aliphatic heterocycles. The lowest BCUT2D eigenvalue weighted by molar-refractivity contribution is 0.264. The fourth-order valence-corrected chi connectivity index (χ4v) is 3.11. The molecule has 0 bridgehead atoms. The Morgan fingerprint density at radius 2 is 2.04 bits per heavy atom. The molecule has 1 saturated heterocycles. The Labute approximate surface area is 133 Å². The van der Waals surface area contributed by atoms with E-state index in [1.807, 2.05) is 12.1 Å². The fourth-order valence-electron chi connectivity index (χ4n) is 3.11. The summed E-state index contributed by atoms with van der Waals surface area (Å²) in [5.41, 5.74) is 8.42. The quantitative estimate of drug-likeness (QED) is 0.796. The standard InChI is InChI=1S/C17H18N4O2/c18-15-9-21(8-14(15)12-4-2-1-3-5-12)10-16-19-17(20-23-16)13-6-7-22-11-13/h1-7,11,14-15H,8-10,18H2/t14-,15+/m0/s1. The summed E-state index contributed by atoms with van der Waals surface area (Å²) in [6.07, 6.45) is 3.20. The largest absolute Gasteiger partial charge is 0.472 e. The Bertz CT molecular complexity index is 754. The molecule has 6 nitrogen and oxygen atoms in total. The van der Waals surface area contributed by atoms with Crippen LogP contribution in [0, 0.1) is 0 Å². The van der Waals surface area contributed by atoms with Gasteiger partial charge < -0.3 is 14.7 Å². The van der Waals surface area contributed by atoms with Crippen molar-refractivity contribution in [2.24, 2.45) is 5.73 Å². The number of nitrogens with zero attached hydrogens (tertiary/aromatic N) is 3. The molecular formula is C17H18N4O2. The van der Waals surface area contributed by atoms with E-state index in [2.05, 4.69) is 39.3 Å². The monoisotopic (exact) mass is 310 g/mol. The van der Waals surface area contributed by atoms with Crippen LogP contribution in [0.1, 0.15) is 17.4 Å². The molecule has 0 spiro atoms. The van der Waals surface area contributed by atoms with Gasteiger partial charge >= 0.3 is 0 Å². The summed E-state index contributed by atoms with van der Waals surface area (Å²) in [6, 6.07) is 12.3. The summed E-state index contributed by atoms with van der Waals surface area (Å²) in [6.45, 7) is 2.33. The van der Waals surface area contributed by atoms with E-state index < -0.39 is 0 Å². The molecule has 0 saturated carbocycles. The summed E-state index contributed by atoms with van der Waals surface area (Å²) >= 11 is 0. The number of benzene rings is 1. The summed E-state index contributed by atoms with van der Waals surface area (Å²) in [7, 11) is 0. The van der Waals surface area contributed by atoms with Crippen LogP contribution in [0.25, 0.3) is 11.4 Å². The number of aromatic nitrogens is 2. The molecule has 0 radical (unpaired) electrons. The first-order valence-electron chi connectivity index (χ1n) is 7.67. The van der Waals surface area contributed by atoms with Crippen LogP contribution < -0.4 is 5.73 Å². The maximum atomic E-state index is 6.32. The molecule has 3 heterocycles. The molecule has 1 aromatic carbocycles. The van der Waals surface area contributed by atoms with Crippen LogP contribution >= 0.6 is 0 Å². The van der Waals surface area contributed by atoms with Crippen molar-refractivity contribution in [1.29, 1.82) is 0 Å². The molecule has 4 rings (SSSR count). The highest BCUT2D eigenvalue weighted by Gasteiger charge is 2.32. The van der Waals surface area contributed by atoms with E-state index in [9.17, 15) is 0 Å².